The molecular weight excluding hydrogens is 422 g/mol. The highest BCUT2D eigenvalue weighted by atomic mass is 16.5. The third-order valence-corrected chi connectivity index (χ3v) is 6.00. The zero-order chi connectivity index (χ0) is 23.8. The number of carbonyl (C=O) groups is 2. The van der Waals surface area contributed by atoms with Crippen molar-refractivity contribution >= 4 is 11.8 Å². The number of nitrogens with one attached hydrogen (secondary N) is 1. The fourth-order valence-corrected chi connectivity index (χ4v) is 4.38. The third kappa shape index (κ3) is 4.82. The summed E-state index contributed by atoms with van der Waals surface area (Å²) in [5.74, 6) is -1.48. The molecule has 4 heteroatoms. The van der Waals surface area contributed by atoms with Crippen LogP contribution in [0.2, 0.25) is 0 Å². The molecule has 0 fully saturated rings. The molecule has 0 bridgehead atoms. The van der Waals surface area contributed by atoms with Gasteiger partial charge in [0, 0.05) is 0 Å². The number of ketones is 1. The molecule has 0 saturated heterocycles. The lowest BCUT2D eigenvalue weighted by Crippen LogP contribution is -2.54. The minimum atomic E-state index is -0.882. The zero-order valence-corrected chi connectivity index (χ0v) is 19.1. The Morgan fingerprint density at radius 1 is 0.676 bits per heavy atom. The Hall–Kier alpha value is -4.02. The number of Topliss-reactive ketones (excluding diaryl/α,β-unsaturated/α-hetero) is 1. The molecule has 0 heterocycles. The minimum absolute atomic E-state index is 0.336. The smallest absolute Gasteiger partial charge is 0.376 e. The molecule has 170 valence electrons. The van der Waals surface area contributed by atoms with E-state index in [1.54, 1.807) is 0 Å². The Kier molecular flexibility index (Phi) is 7.31. The number of hydrogen-bond donors (Lipinski definition) is 1. The molecule has 0 amide bonds. The molecule has 0 aliphatic heterocycles. The van der Waals surface area contributed by atoms with Gasteiger partial charge in [0.2, 0.25) is 0 Å². The van der Waals surface area contributed by atoms with Crippen LogP contribution in [-0.4, -0.2) is 24.9 Å². The molecule has 4 rings (SSSR count). The summed E-state index contributed by atoms with van der Waals surface area (Å²) < 4.78 is 4.83. The minimum Gasteiger partial charge on any atom is -0.463 e. The Morgan fingerprint density at radius 3 is 1.44 bits per heavy atom. The van der Waals surface area contributed by atoms with Crippen molar-refractivity contribution in [1.29, 1.82) is 0 Å². The van der Waals surface area contributed by atoms with Crippen molar-refractivity contribution in [2.75, 3.05) is 7.11 Å². The predicted octanol–water partition coefficient (Wildman–Crippen LogP) is 4.92. The lowest BCUT2D eigenvalue weighted by molar-refractivity contribution is -0.152. The Balaban J connectivity index is 1.92. The van der Waals surface area contributed by atoms with Gasteiger partial charge in [-0.15, -0.1) is 0 Å². The summed E-state index contributed by atoms with van der Waals surface area (Å²) >= 11 is 0. The number of rotatable bonds is 9. The van der Waals surface area contributed by atoms with Crippen LogP contribution in [0.3, 0.4) is 0 Å². The van der Waals surface area contributed by atoms with Gasteiger partial charge < -0.3 is 4.74 Å². The van der Waals surface area contributed by atoms with Crippen LogP contribution in [0.4, 0.5) is 0 Å². The molecule has 1 atom stereocenters. The van der Waals surface area contributed by atoms with E-state index in [1.165, 1.54) is 7.11 Å². The van der Waals surface area contributed by atoms with E-state index in [0.29, 0.717) is 6.42 Å². The van der Waals surface area contributed by atoms with E-state index in [1.807, 2.05) is 121 Å². The Morgan fingerprint density at radius 2 is 1.06 bits per heavy atom. The lowest BCUT2D eigenvalue weighted by atomic mass is 9.76. The SMILES string of the molecule is COC(=O)C(=O)C(Cc1ccccc1)NC(c1ccccc1)(c1ccccc1)c1ccccc1. The number of hydrogen-bond acceptors (Lipinski definition) is 4. The van der Waals surface area contributed by atoms with Gasteiger partial charge in [-0.1, -0.05) is 121 Å². The summed E-state index contributed by atoms with van der Waals surface area (Å²) in [7, 11) is 1.23. The molecular formula is C30H27NO3. The van der Waals surface area contributed by atoms with Crippen molar-refractivity contribution < 1.29 is 14.3 Å². The third-order valence-electron chi connectivity index (χ3n) is 6.00. The van der Waals surface area contributed by atoms with Crippen molar-refractivity contribution in [3.63, 3.8) is 0 Å². The van der Waals surface area contributed by atoms with Gasteiger partial charge in [0.25, 0.3) is 5.78 Å². The molecule has 0 aromatic heterocycles. The molecule has 34 heavy (non-hydrogen) atoms. The maximum Gasteiger partial charge on any atom is 0.376 e. The molecule has 0 spiro atoms. The molecule has 0 radical (unpaired) electrons. The van der Waals surface area contributed by atoms with Crippen LogP contribution >= 0.6 is 0 Å². The van der Waals surface area contributed by atoms with Gasteiger partial charge in [0.05, 0.1) is 18.7 Å². The van der Waals surface area contributed by atoms with Crippen LogP contribution < -0.4 is 5.32 Å². The molecule has 1 N–H and O–H groups in total. The lowest BCUT2D eigenvalue weighted by Gasteiger charge is -2.39. The fraction of sp³-hybridized carbons (Fsp3) is 0.133. The molecule has 4 aromatic carbocycles. The topological polar surface area (TPSA) is 55.4 Å². The number of esters is 1. The molecule has 0 saturated carbocycles. The number of benzene rings is 4. The normalized spacial score (nSPS) is 12.0. The number of ether oxygens (including phenoxy) is 1. The Labute approximate surface area is 200 Å². The van der Waals surface area contributed by atoms with Crippen molar-refractivity contribution in [2.24, 2.45) is 0 Å². The van der Waals surface area contributed by atoms with Crippen LogP contribution in [0.5, 0.6) is 0 Å². The molecule has 0 aliphatic carbocycles. The first-order valence-electron chi connectivity index (χ1n) is 11.3. The summed E-state index contributed by atoms with van der Waals surface area (Å²) in [6.07, 6.45) is 0.336. The van der Waals surface area contributed by atoms with Crippen LogP contribution in [0, 0.1) is 0 Å². The summed E-state index contributed by atoms with van der Waals surface area (Å²) in [5.41, 5.74) is 2.95. The van der Waals surface area contributed by atoms with E-state index in [4.69, 9.17) is 4.74 Å². The maximum absolute atomic E-state index is 13.3. The van der Waals surface area contributed by atoms with E-state index < -0.39 is 23.3 Å². The largest absolute Gasteiger partial charge is 0.463 e. The summed E-state index contributed by atoms with van der Waals surface area (Å²) in [5, 5.41) is 3.63. The van der Waals surface area contributed by atoms with E-state index >= 15 is 0 Å². The first-order valence-corrected chi connectivity index (χ1v) is 11.3. The summed E-state index contributed by atoms with van der Waals surface area (Å²) in [6, 6.07) is 38.8. The van der Waals surface area contributed by atoms with Gasteiger partial charge >= 0.3 is 5.97 Å². The van der Waals surface area contributed by atoms with Gasteiger partial charge in [-0.2, -0.15) is 0 Å². The van der Waals surface area contributed by atoms with Crippen LogP contribution in [-0.2, 0) is 26.3 Å². The predicted molar refractivity (Wildman–Crippen MR) is 133 cm³/mol. The van der Waals surface area contributed by atoms with Crippen LogP contribution in [0.1, 0.15) is 22.3 Å². The second-order valence-corrected chi connectivity index (χ2v) is 8.09. The van der Waals surface area contributed by atoms with Crippen molar-refractivity contribution in [2.45, 2.75) is 18.0 Å². The van der Waals surface area contributed by atoms with Crippen molar-refractivity contribution in [3.8, 4) is 0 Å². The summed E-state index contributed by atoms with van der Waals surface area (Å²) in [4.78, 5) is 25.7. The molecule has 4 aromatic rings. The van der Waals surface area contributed by atoms with Gasteiger partial charge in [-0.25, -0.2) is 4.79 Å². The van der Waals surface area contributed by atoms with Crippen molar-refractivity contribution in [1.82, 2.24) is 5.32 Å². The Bertz CT molecular complexity index is 1110. The average molecular weight is 450 g/mol. The van der Waals surface area contributed by atoms with Gasteiger partial charge in [-0.3, -0.25) is 10.1 Å². The van der Waals surface area contributed by atoms with E-state index in [-0.39, 0.29) is 0 Å². The average Bonchev–Trinajstić information content (AvgIpc) is 2.92. The second kappa shape index (κ2) is 10.7. The van der Waals surface area contributed by atoms with Crippen LogP contribution in [0.15, 0.2) is 121 Å². The first kappa shape index (κ1) is 23.1. The monoisotopic (exact) mass is 449 g/mol. The molecule has 1 unspecified atom stereocenters. The van der Waals surface area contributed by atoms with Crippen LogP contribution in [0.25, 0.3) is 0 Å². The van der Waals surface area contributed by atoms with Gasteiger partial charge in [0.15, 0.2) is 0 Å². The highest BCUT2D eigenvalue weighted by Crippen LogP contribution is 2.37. The maximum atomic E-state index is 13.3. The second-order valence-electron chi connectivity index (χ2n) is 8.09. The highest BCUT2D eigenvalue weighted by Gasteiger charge is 2.41. The fourth-order valence-electron chi connectivity index (χ4n) is 4.38. The highest BCUT2D eigenvalue weighted by molar-refractivity contribution is 6.35. The van der Waals surface area contributed by atoms with E-state index in [2.05, 4.69) is 5.32 Å². The summed E-state index contributed by atoms with van der Waals surface area (Å²) in [6.45, 7) is 0. The van der Waals surface area contributed by atoms with Crippen molar-refractivity contribution in [3.05, 3.63) is 144 Å². The quantitative estimate of drug-likeness (QED) is 0.224. The number of carbonyl (C=O) groups excluding carboxylic acids is 2. The van der Waals surface area contributed by atoms with E-state index in [0.717, 1.165) is 22.3 Å². The standard InChI is InChI=1S/C30H27NO3/c1-34-29(33)28(32)27(22-23-14-6-2-7-15-23)31-30(24-16-8-3-9-17-24,25-18-10-4-11-19-25)26-20-12-5-13-21-26/h2-21,27,31H,22H2,1H3. The van der Waals surface area contributed by atoms with Gasteiger partial charge in [0.1, 0.15) is 0 Å². The number of methoxy groups -OCH3 is 1. The molecule has 4 nitrogen and oxygen atoms in total. The zero-order valence-electron chi connectivity index (χ0n) is 19.1. The van der Waals surface area contributed by atoms with Gasteiger partial charge in [-0.05, 0) is 28.7 Å². The first-order chi connectivity index (χ1) is 16.6. The molecule has 0 aliphatic rings. The van der Waals surface area contributed by atoms with E-state index in [9.17, 15) is 9.59 Å².